The summed E-state index contributed by atoms with van der Waals surface area (Å²) in [4.78, 5) is 11.8. The highest BCUT2D eigenvalue weighted by Gasteiger charge is 2.08. The number of aromatic nitrogens is 4. The fraction of sp³-hybridized carbons (Fsp3) is 0.278. The summed E-state index contributed by atoms with van der Waals surface area (Å²) in [6.07, 6.45) is 7.45. The van der Waals surface area contributed by atoms with Crippen molar-refractivity contribution in [2.75, 3.05) is 0 Å². The van der Waals surface area contributed by atoms with Gasteiger partial charge < -0.3 is 0 Å². The van der Waals surface area contributed by atoms with E-state index in [1.54, 1.807) is 16.0 Å². The third-order valence-corrected chi connectivity index (χ3v) is 5.08. The van der Waals surface area contributed by atoms with Gasteiger partial charge in [-0.2, -0.15) is 5.10 Å². The Labute approximate surface area is 138 Å². The number of fused-ring (bicyclic) bond motifs is 2. The Morgan fingerprint density at radius 3 is 2.96 bits per heavy atom. The first-order valence-corrected chi connectivity index (χ1v) is 8.74. The molecule has 0 radical (unpaired) electrons. The SMILES string of the molecule is CCCCc1cc2ccc(-c3cnc4nn(C)cc4c3)nc2s1. The van der Waals surface area contributed by atoms with Crippen LogP contribution in [0, 0.1) is 0 Å². The van der Waals surface area contributed by atoms with Crippen molar-refractivity contribution in [2.24, 2.45) is 7.05 Å². The number of nitrogens with zero attached hydrogens (tertiary/aromatic N) is 4. The summed E-state index contributed by atoms with van der Waals surface area (Å²) >= 11 is 1.81. The minimum atomic E-state index is 0.773. The lowest BCUT2D eigenvalue weighted by Crippen LogP contribution is -1.86. The lowest BCUT2D eigenvalue weighted by molar-refractivity contribution is 0.776. The van der Waals surface area contributed by atoms with Crippen molar-refractivity contribution in [3.8, 4) is 11.3 Å². The standard InChI is InChI=1S/C18H18N4S/c1-3-4-5-15-9-12-6-7-16(20-18(12)23-15)13-8-14-11-22(2)21-17(14)19-10-13/h6-11H,3-5H2,1-2H3. The molecule has 0 aromatic carbocycles. The van der Waals surface area contributed by atoms with Crippen molar-refractivity contribution in [1.82, 2.24) is 19.7 Å². The van der Waals surface area contributed by atoms with Gasteiger partial charge >= 0.3 is 0 Å². The highest BCUT2D eigenvalue weighted by molar-refractivity contribution is 7.18. The van der Waals surface area contributed by atoms with Crippen LogP contribution in [0.5, 0.6) is 0 Å². The second kappa shape index (κ2) is 5.74. The van der Waals surface area contributed by atoms with E-state index >= 15 is 0 Å². The third kappa shape index (κ3) is 2.72. The van der Waals surface area contributed by atoms with Crippen LogP contribution in [0.25, 0.3) is 32.5 Å². The summed E-state index contributed by atoms with van der Waals surface area (Å²) in [7, 11) is 1.91. The molecule has 0 atom stereocenters. The van der Waals surface area contributed by atoms with Crippen molar-refractivity contribution in [3.63, 3.8) is 0 Å². The van der Waals surface area contributed by atoms with Gasteiger partial charge in [-0.15, -0.1) is 11.3 Å². The van der Waals surface area contributed by atoms with E-state index in [4.69, 9.17) is 4.98 Å². The van der Waals surface area contributed by atoms with Crippen molar-refractivity contribution >= 4 is 32.6 Å². The minimum Gasteiger partial charge on any atom is -0.273 e. The van der Waals surface area contributed by atoms with Gasteiger partial charge in [0, 0.05) is 40.7 Å². The molecule has 0 aliphatic carbocycles. The molecule has 0 amide bonds. The highest BCUT2D eigenvalue weighted by atomic mass is 32.1. The summed E-state index contributed by atoms with van der Waals surface area (Å²) in [5.41, 5.74) is 2.78. The number of thiophene rings is 1. The topological polar surface area (TPSA) is 43.6 Å². The van der Waals surface area contributed by atoms with E-state index in [0.717, 1.165) is 33.5 Å². The zero-order valence-corrected chi connectivity index (χ0v) is 14.1. The third-order valence-electron chi connectivity index (χ3n) is 3.98. The highest BCUT2D eigenvalue weighted by Crippen LogP contribution is 2.29. The zero-order chi connectivity index (χ0) is 15.8. The Hall–Kier alpha value is -2.27. The molecule has 4 nitrogen and oxygen atoms in total. The molecule has 0 saturated heterocycles. The second-order valence-corrected chi connectivity index (χ2v) is 6.96. The van der Waals surface area contributed by atoms with Gasteiger partial charge in [0.1, 0.15) is 4.83 Å². The summed E-state index contributed by atoms with van der Waals surface area (Å²) in [5, 5.41) is 6.60. The van der Waals surface area contributed by atoms with E-state index in [-0.39, 0.29) is 0 Å². The van der Waals surface area contributed by atoms with Crippen LogP contribution in [0.3, 0.4) is 0 Å². The smallest absolute Gasteiger partial charge is 0.181 e. The van der Waals surface area contributed by atoms with Gasteiger partial charge in [-0.05, 0) is 37.1 Å². The molecule has 116 valence electrons. The average molecular weight is 322 g/mol. The van der Waals surface area contributed by atoms with Crippen molar-refractivity contribution < 1.29 is 0 Å². The van der Waals surface area contributed by atoms with Gasteiger partial charge in [0.15, 0.2) is 5.65 Å². The maximum absolute atomic E-state index is 4.84. The fourth-order valence-electron chi connectivity index (χ4n) is 2.78. The van der Waals surface area contributed by atoms with E-state index in [2.05, 4.69) is 41.3 Å². The van der Waals surface area contributed by atoms with Crippen LogP contribution in [-0.4, -0.2) is 19.7 Å². The number of hydrogen-bond donors (Lipinski definition) is 0. The van der Waals surface area contributed by atoms with Crippen LogP contribution >= 0.6 is 11.3 Å². The van der Waals surface area contributed by atoms with Crippen LogP contribution in [-0.2, 0) is 13.5 Å². The van der Waals surface area contributed by atoms with E-state index < -0.39 is 0 Å². The Bertz CT molecular complexity index is 983. The molecular weight excluding hydrogens is 304 g/mol. The van der Waals surface area contributed by atoms with Crippen LogP contribution in [0.15, 0.2) is 36.7 Å². The molecule has 0 fully saturated rings. The van der Waals surface area contributed by atoms with Crippen LogP contribution < -0.4 is 0 Å². The van der Waals surface area contributed by atoms with Crippen molar-refractivity contribution in [2.45, 2.75) is 26.2 Å². The van der Waals surface area contributed by atoms with Gasteiger partial charge in [0.05, 0.1) is 5.69 Å². The fourth-order valence-corrected chi connectivity index (χ4v) is 3.85. The number of unbranched alkanes of at least 4 members (excludes halogenated alkanes) is 1. The largest absolute Gasteiger partial charge is 0.273 e. The van der Waals surface area contributed by atoms with Crippen LogP contribution in [0.1, 0.15) is 24.6 Å². The van der Waals surface area contributed by atoms with Crippen molar-refractivity contribution in [3.05, 3.63) is 41.5 Å². The monoisotopic (exact) mass is 322 g/mol. The molecule has 0 N–H and O–H groups in total. The molecule has 4 aromatic rings. The number of aryl methyl sites for hydroxylation is 2. The maximum Gasteiger partial charge on any atom is 0.181 e. The molecule has 23 heavy (non-hydrogen) atoms. The lowest BCUT2D eigenvalue weighted by Gasteiger charge is -2.00. The van der Waals surface area contributed by atoms with Crippen molar-refractivity contribution in [1.29, 1.82) is 0 Å². The molecule has 5 heteroatoms. The average Bonchev–Trinajstić information content (AvgIpc) is 3.12. The van der Waals surface area contributed by atoms with E-state index in [9.17, 15) is 0 Å². The first-order valence-electron chi connectivity index (χ1n) is 7.92. The molecule has 4 aromatic heterocycles. The summed E-state index contributed by atoms with van der Waals surface area (Å²) in [6.45, 7) is 2.23. The predicted molar refractivity (Wildman–Crippen MR) is 95.7 cm³/mol. The predicted octanol–water partition coefficient (Wildman–Crippen LogP) is 4.59. The molecule has 0 aliphatic rings. The maximum atomic E-state index is 4.84. The van der Waals surface area contributed by atoms with Crippen LogP contribution in [0.4, 0.5) is 0 Å². The number of pyridine rings is 2. The molecule has 4 heterocycles. The Morgan fingerprint density at radius 2 is 2.09 bits per heavy atom. The minimum absolute atomic E-state index is 0.773. The van der Waals surface area contributed by atoms with Gasteiger partial charge in [-0.1, -0.05) is 13.3 Å². The van der Waals surface area contributed by atoms with E-state index in [0.29, 0.717) is 0 Å². The zero-order valence-electron chi connectivity index (χ0n) is 13.3. The molecule has 4 rings (SSSR count). The number of rotatable bonds is 4. The molecule has 0 spiro atoms. The van der Waals surface area contributed by atoms with Gasteiger partial charge in [0.2, 0.25) is 0 Å². The quantitative estimate of drug-likeness (QED) is 0.552. The first-order chi connectivity index (χ1) is 11.2. The molecule has 0 unspecified atom stereocenters. The van der Waals surface area contributed by atoms with Gasteiger partial charge in [-0.3, -0.25) is 4.68 Å². The molecular formula is C18H18N4S. The summed E-state index contributed by atoms with van der Waals surface area (Å²) < 4.78 is 1.79. The lowest BCUT2D eigenvalue weighted by atomic mass is 10.1. The van der Waals surface area contributed by atoms with Gasteiger partial charge in [-0.25, -0.2) is 9.97 Å². The first kappa shape index (κ1) is 14.3. The molecule has 0 aliphatic heterocycles. The molecule has 0 saturated carbocycles. The van der Waals surface area contributed by atoms with Gasteiger partial charge in [0.25, 0.3) is 0 Å². The van der Waals surface area contributed by atoms with E-state index in [1.165, 1.54) is 23.1 Å². The number of hydrogen-bond acceptors (Lipinski definition) is 4. The molecule has 0 bridgehead atoms. The Balaban J connectivity index is 1.74. The summed E-state index contributed by atoms with van der Waals surface area (Å²) in [6, 6.07) is 8.62. The Morgan fingerprint density at radius 1 is 1.17 bits per heavy atom. The second-order valence-electron chi connectivity index (χ2n) is 5.85. The summed E-state index contributed by atoms with van der Waals surface area (Å²) in [5.74, 6) is 0. The normalized spacial score (nSPS) is 11.6. The van der Waals surface area contributed by atoms with Crippen LogP contribution in [0.2, 0.25) is 0 Å². The Kier molecular flexibility index (Phi) is 3.58. The van der Waals surface area contributed by atoms with E-state index in [1.807, 2.05) is 19.4 Å².